The Hall–Kier alpha value is -1.93. The number of hydrogen-bond acceptors (Lipinski definition) is 6. The van der Waals surface area contributed by atoms with Crippen molar-refractivity contribution in [2.45, 2.75) is 25.3 Å². The number of esters is 1. The normalized spacial score (nSPS) is 25.8. The van der Waals surface area contributed by atoms with Crippen molar-refractivity contribution in [1.29, 1.82) is 0 Å². The van der Waals surface area contributed by atoms with Gasteiger partial charge in [0.1, 0.15) is 0 Å². The summed E-state index contributed by atoms with van der Waals surface area (Å²) in [5.41, 5.74) is -0.990. The molecule has 24 heavy (non-hydrogen) atoms. The summed E-state index contributed by atoms with van der Waals surface area (Å²) in [5.74, 6) is -0.509. The summed E-state index contributed by atoms with van der Waals surface area (Å²) in [4.78, 5) is 40.7. The van der Waals surface area contributed by atoms with Gasteiger partial charge in [-0.2, -0.15) is 0 Å². The van der Waals surface area contributed by atoms with Gasteiger partial charge in [0.05, 0.1) is 19.7 Å². The number of likely N-dealkylation sites (tertiary alicyclic amines) is 1. The van der Waals surface area contributed by atoms with Crippen LogP contribution in [0.1, 0.15) is 24.6 Å². The third-order valence-electron chi connectivity index (χ3n) is 4.75. The van der Waals surface area contributed by atoms with Gasteiger partial charge in [0.2, 0.25) is 0 Å². The molecule has 1 N–H and O–H groups in total. The maximum atomic E-state index is 12.8. The van der Waals surface area contributed by atoms with Gasteiger partial charge in [-0.15, -0.1) is 11.3 Å². The first-order valence-corrected chi connectivity index (χ1v) is 8.82. The number of hydrogen-bond donors (Lipinski definition) is 1. The van der Waals surface area contributed by atoms with Crippen LogP contribution in [0.5, 0.6) is 0 Å². The topological polar surface area (TPSA) is 79.0 Å². The molecule has 0 spiro atoms. The largest absolute Gasteiger partial charge is 0.469 e. The van der Waals surface area contributed by atoms with E-state index in [1.54, 1.807) is 6.92 Å². The van der Waals surface area contributed by atoms with Crippen LogP contribution in [0, 0.1) is 5.92 Å². The molecule has 3 rings (SSSR count). The molecule has 0 saturated carbocycles. The average molecular weight is 351 g/mol. The number of ether oxygens (including phenoxy) is 1. The molecule has 3 heterocycles. The molecule has 1 aromatic heterocycles. The zero-order chi connectivity index (χ0) is 17.3. The van der Waals surface area contributed by atoms with Crippen molar-refractivity contribution in [1.82, 2.24) is 15.1 Å². The van der Waals surface area contributed by atoms with Gasteiger partial charge in [0, 0.05) is 18.0 Å². The first-order chi connectivity index (χ1) is 11.5. The summed E-state index contributed by atoms with van der Waals surface area (Å²) in [6.45, 7) is 3.31. The second-order valence-electron chi connectivity index (χ2n) is 6.32. The van der Waals surface area contributed by atoms with Crippen LogP contribution in [-0.4, -0.2) is 54.6 Å². The predicted octanol–water partition coefficient (Wildman–Crippen LogP) is 1.36. The number of thiophene rings is 1. The number of piperidine rings is 1. The first kappa shape index (κ1) is 16.9. The van der Waals surface area contributed by atoms with Gasteiger partial charge in [-0.1, -0.05) is 6.07 Å². The predicted molar refractivity (Wildman–Crippen MR) is 88.2 cm³/mol. The van der Waals surface area contributed by atoms with E-state index in [1.165, 1.54) is 23.3 Å². The molecule has 0 aliphatic carbocycles. The highest BCUT2D eigenvalue weighted by Gasteiger charge is 2.50. The standard InChI is InChI=1S/C16H21N3O4S/c1-16(12-4-3-9-24-12)14(21)19(15(22)17-16)10-18-7-5-11(6-8-18)13(20)23-2/h3-4,9,11H,5-8,10H2,1-2H3,(H,17,22)/t16-/m0/s1. The van der Waals surface area contributed by atoms with Gasteiger partial charge in [-0.3, -0.25) is 14.5 Å². The maximum Gasteiger partial charge on any atom is 0.326 e. The molecule has 2 aliphatic heterocycles. The lowest BCUT2D eigenvalue weighted by molar-refractivity contribution is -0.147. The van der Waals surface area contributed by atoms with Gasteiger partial charge in [-0.05, 0) is 31.2 Å². The quantitative estimate of drug-likeness (QED) is 0.654. The maximum absolute atomic E-state index is 12.8. The lowest BCUT2D eigenvalue weighted by Gasteiger charge is -2.32. The molecule has 3 amide bonds. The molecule has 2 saturated heterocycles. The lowest BCUT2D eigenvalue weighted by Crippen LogP contribution is -2.46. The summed E-state index contributed by atoms with van der Waals surface area (Å²) in [6, 6.07) is 3.35. The minimum absolute atomic E-state index is 0.0919. The number of carbonyl (C=O) groups is 3. The van der Waals surface area contributed by atoms with Crippen molar-refractivity contribution in [3.8, 4) is 0 Å². The van der Waals surface area contributed by atoms with E-state index in [1.807, 2.05) is 22.4 Å². The number of amides is 3. The van der Waals surface area contributed by atoms with E-state index in [2.05, 4.69) is 5.32 Å². The Bertz CT molecular complexity index is 640. The average Bonchev–Trinajstić information content (AvgIpc) is 3.19. The number of nitrogens with zero attached hydrogens (tertiary/aromatic N) is 2. The van der Waals surface area contributed by atoms with Crippen LogP contribution in [0.4, 0.5) is 4.79 Å². The molecule has 1 atom stereocenters. The SMILES string of the molecule is COC(=O)C1CCN(CN2C(=O)N[C@@](C)(c3cccs3)C2=O)CC1. The molecule has 2 fully saturated rings. The Labute approximate surface area is 144 Å². The van der Waals surface area contributed by atoms with Crippen LogP contribution in [0.2, 0.25) is 0 Å². The van der Waals surface area contributed by atoms with Gasteiger partial charge >= 0.3 is 12.0 Å². The van der Waals surface area contributed by atoms with Gasteiger partial charge in [-0.25, -0.2) is 9.69 Å². The van der Waals surface area contributed by atoms with Crippen LogP contribution in [0.25, 0.3) is 0 Å². The number of methoxy groups -OCH3 is 1. The van der Waals surface area contributed by atoms with Crippen molar-refractivity contribution >= 4 is 29.2 Å². The summed E-state index contributed by atoms with van der Waals surface area (Å²) in [5, 5.41) is 4.69. The molecule has 1 aromatic rings. The number of imide groups is 1. The highest BCUT2D eigenvalue weighted by atomic mass is 32.1. The van der Waals surface area contributed by atoms with Crippen molar-refractivity contribution in [2.24, 2.45) is 5.92 Å². The van der Waals surface area contributed by atoms with Crippen LogP contribution >= 0.6 is 11.3 Å². The van der Waals surface area contributed by atoms with E-state index in [4.69, 9.17) is 4.74 Å². The minimum Gasteiger partial charge on any atom is -0.469 e. The zero-order valence-corrected chi connectivity index (χ0v) is 14.6. The highest BCUT2D eigenvalue weighted by molar-refractivity contribution is 7.10. The second-order valence-corrected chi connectivity index (χ2v) is 7.27. The Kier molecular flexibility index (Phi) is 4.60. The van der Waals surface area contributed by atoms with E-state index in [-0.39, 0.29) is 30.5 Å². The van der Waals surface area contributed by atoms with Crippen LogP contribution in [0.15, 0.2) is 17.5 Å². The number of urea groups is 1. The third-order valence-corrected chi connectivity index (χ3v) is 5.84. The fourth-order valence-electron chi connectivity index (χ4n) is 3.23. The number of carbonyl (C=O) groups excluding carboxylic acids is 3. The van der Waals surface area contributed by atoms with E-state index >= 15 is 0 Å². The van der Waals surface area contributed by atoms with Crippen molar-refractivity contribution in [3.05, 3.63) is 22.4 Å². The summed E-state index contributed by atoms with van der Waals surface area (Å²) < 4.78 is 4.78. The zero-order valence-electron chi connectivity index (χ0n) is 13.8. The molecule has 8 heteroatoms. The monoisotopic (exact) mass is 351 g/mol. The Morgan fingerprint density at radius 3 is 2.71 bits per heavy atom. The molecule has 7 nitrogen and oxygen atoms in total. The number of nitrogens with one attached hydrogen (secondary N) is 1. The first-order valence-electron chi connectivity index (χ1n) is 7.94. The minimum atomic E-state index is -0.990. The van der Waals surface area contributed by atoms with E-state index < -0.39 is 5.54 Å². The van der Waals surface area contributed by atoms with Crippen LogP contribution in [0.3, 0.4) is 0 Å². The molecule has 0 unspecified atom stereocenters. The van der Waals surface area contributed by atoms with Crippen LogP contribution in [-0.2, 0) is 19.9 Å². The van der Waals surface area contributed by atoms with Gasteiger partial charge < -0.3 is 10.1 Å². The van der Waals surface area contributed by atoms with Crippen molar-refractivity contribution in [3.63, 3.8) is 0 Å². The van der Waals surface area contributed by atoms with Crippen LogP contribution < -0.4 is 5.32 Å². The Balaban J connectivity index is 1.63. The lowest BCUT2D eigenvalue weighted by atomic mass is 9.97. The number of rotatable bonds is 4. The Morgan fingerprint density at radius 2 is 2.12 bits per heavy atom. The fraction of sp³-hybridized carbons (Fsp3) is 0.562. The fourth-order valence-corrected chi connectivity index (χ4v) is 4.07. The molecule has 2 aliphatic rings. The Morgan fingerprint density at radius 1 is 1.42 bits per heavy atom. The second kappa shape index (κ2) is 6.52. The van der Waals surface area contributed by atoms with Crippen molar-refractivity contribution in [2.75, 3.05) is 26.9 Å². The highest BCUT2D eigenvalue weighted by Crippen LogP contribution is 2.32. The molecule has 130 valence electrons. The van der Waals surface area contributed by atoms with E-state index in [9.17, 15) is 14.4 Å². The molecular weight excluding hydrogens is 330 g/mol. The van der Waals surface area contributed by atoms with E-state index in [0.29, 0.717) is 25.9 Å². The smallest absolute Gasteiger partial charge is 0.326 e. The summed E-state index contributed by atoms with van der Waals surface area (Å²) in [7, 11) is 1.40. The van der Waals surface area contributed by atoms with Gasteiger partial charge in [0.25, 0.3) is 5.91 Å². The molecule has 0 radical (unpaired) electrons. The van der Waals surface area contributed by atoms with E-state index in [0.717, 1.165) is 4.88 Å². The summed E-state index contributed by atoms with van der Waals surface area (Å²) in [6.07, 6.45) is 1.36. The van der Waals surface area contributed by atoms with Crippen molar-refractivity contribution < 1.29 is 19.1 Å². The van der Waals surface area contributed by atoms with Gasteiger partial charge in [0.15, 0.2) is 5.54 Å². The third kappa shape index (κ3) is 2.91. The molecular formula is C16H21N3O4S. The molecule has 0 aromatic carbocycles. The summed E-state index contributed by atoms with van der Waals surface area (Å²) >= 11 is 1.45. The molecule has 0 bridgehead atoms.